The van der Waals surface area contributed by atoms with Gasteiger partial charge in [-0.15, -0.1) is 13.2 Å². The zero-order valence-electron chi connectivity index (χ0n) is 18.1. The minimum atomic E-state index is -4.72. The van der Waals surface area contributed by atoms with Crippen molar-refractivity contribution in [3.05, 3.63) is 30.0 Å². The largest absolute Gasteiger partial charge is 0.573 e. The average molecular weight is 451 g/mol. The molecule has 0 unspecified atom stereocenters. The molecule has 1 aromatic carbocycles. The Labute approximate surface area is 183 Å². The quantitative estimate of drug-likeness (QED) is 0.745. The first-order valence-electron chi connectivity index (χ1n) is 10.2. The lowest BCUT2D eigenvalue weighted by atomic mass is 9.89. The third kappa shape index (κ3) is 4.37. The van der Waals surface area contributed by atoms with Crippen LogP contribution < -0.4 is 24.6 Å². The SMILES string of the molecule is Cc1nc(N[C@H]2C[C@H](Oc3ccc(OC(F)(F)F)cc3)C2)nc2c1N(C)C(=O)[C@H](C)N2C. The van der Waals surface area contributed by atoms with Crippen LogP contribution in [0.1, 0.15) is 25.5 Å². The maximum atomic E-state index is 12.4. The van der Waals surface area contributed by atoms with E-state index in [0.717, 1.165) is 0 Å². The van der Waals surface area contributed by atoms with Crippen LogP contribution in [0.15, 0.2) is 24.3 Å². The molecule has 1 aliphatic carbocycles. The van der Waals surface area contributed by atoms with Crippen molar-refractivity contribution in [2.45, 2.75) is 51.2 Å². The Bertz CT molecular complexity index is 1010. The lowest BCUT2D eigenvalue weighted by molar-refractivity contribution is -0.274. The number of nitrogens with one attached hydrogen (secondary N) is 1. The number of anilines is 3. The number of ether oxygens (including phenoxy) is 2. The molecule has 11 heteroatoms. The van der Waals surface area contributed by atoms with Gasteiger partial charge < -0.3 is 24.6 Å². The van der Waals surface area contributed by atoms with Gasteiger partial charge in [0.1, 0.15) is 29.3 Å². The fraction of sp³-hybridized carbons (Fsp3) is 0.476. The van der Waals surface area contributed by atoms with Crippen molar-refractivity contribution in [3.63, 3.8) is 0 Å². The van der Waals surface area contributed by atoms with Gasteiger partial charge in [0.2, 0.25) is 11.9 Å². The Morgan fingerprint density at radius 3 is 2.34 bits per heavy atom. The summed E-state index contributed by atoms with van der Waals surface area (Å²) in [5.74, 6) is 1.36. The maximum absolute atomic E-state index is 12.4. The smallest absolute Gasteiger partial charge is 0.490 e. The Balaban J connectivity index is 1.35. The fourth-order valence-corrected chi connectivity index (χ4v) is 3.87. The predicted octanol–water partition coefficient (Wildman–Crippen LogP) is 3.51. The van der Waals surface area contributed by atoms with Crippen LogP contribution in [0, 0.1) is 6.92 Å². The zero-order valence-corrected chi connectivity index (χ0v) is 18.1. The van der Waals surface area contributed by atoms with Gasteiger partial charge in [0.25, 0.3) is 0 Å². The van der Waals surface area contributed by atoms with Crippen LogP contribution in [0.2, 0.25) is 0 Å². The number of aryl methyl sites for hydroxylation is 1. The van der Waals surface area contributed by atoms with Crippen LogP contribution in [0.25, 0.3) is 0 Å². The number of amides is 1. The van der Waals surface area contributed by atoms with Crippen LogP contribution in [0.4, 0.5) is 30.6 Å². The van der Waals surface area contributed by atoms with Crippen LogP contribution in [0.3, 0.4) is 0 Å². The highest BCUT2D eigenvalue weighted by atomic mass is 19.4. The van der Waals surface area contributed by atoms with Crippen LogP contribution in [0.5, 0.6) is 11.5 Å². The summed E-state index contributed by atoms with van der Waals surface area (Å²) in [4.78, 5) is 24.9. The van der Waals surface area contributed by atoms with Crippen molar-refractivity contribution in [2.75, 3.05) is 29.2 Å². The molecular weight excluding hydrogens is 427 g/mol. The minimum Gasteiger partial charge on any atom is -0.490 e. The van der Waals surface area contributed by atoms with E-state index in [4.69, 9.17) is 4.74 Å². The lowest BCUT2D eigenvalue weighted by Crippen LogP contribution is -2.50. The molecule has 1 N–H and O–H groups in total. The van der Waals surface area contributed by atoms with E-state index in [2.05, 4.69) is 20.0 Å². The molecule has 4 rings (SSSR count). The molecule has 0 saturated heterocycles. The van der Waals surface area contributed by atoms with Gasteiger partial charge in [0.05, 0.1) is 5.69 Å². The summed E-state index contributed by atoms with van der Waals surface area (Å²) in [6.07, 6.45) is -3.38. The van der Waals surface area contributed by atoms with E-state index in [1.54, 1.807) is 11.9 Å². The van der Waals surface area contributed by atoms with Gasteiger partial charge in [-0.25, -0.2) is 4.98 Å². The number of carbonyl (C=O) groups is 1. The van der Waals surface area contributed by atoms with Crippen molar-refractivity contribution in [1.82, 2.24) is 9.97 Å². The average Bonchev–Trinajstić information content (AvgIpc) is 2.69. The third-order valence-corrected chi connectivity index (χ3v) is 5.77. The highest BCUT2D eigenvalue weighted by molar-refractivity contribution is 6.04. The number of nitrogens with zero attached hydrogens (tertiary/aromatic N) is 4. The Morgan fingerprint density at radius 2 is 1.72 bits per heavy atom. The molecule has 172 valence electrons. The minimum absolute atomic E-state index is 0.00982. The summed E-state index contributed by atoms with van der Waals surface area (Å²) in [5.41, 5.74) is 1.41. The van der Waals surface area contributed by atoms with E-state index < -0.39 is 6.36 Å². The van der Waals surface area contributed by atoms with E-state index in [9.17, 15) is 18.0 Å². The Kier molecular flexibility index (Phi) is 5.51. The summed E-state index contributed by atoms with van der Waals surface area (Å²) in [6, 6.07) is 5.14. The first-order valence-corrected chi connectivity index (χ1v) is 10.2. The van der Waals surface area contributed by atoms with E-state index in [1.807, 2.05) is 25.8 Å². The van der Waals surface area contributed by atoms with Crippen LogP contribution >= 0.6 is 0 Å². The molecule has 1 aromatic heterocycles. The molecule has 1 aliphatic heterocycles. The summed E-state index contributed by atoms with van der Waals surface area (Å²) >= 11 is 0. The topological polar surface area (TPSA) is 79.8 Å². The Morgan fingerprint density at radius 1 is 1.09 bits per heavy atom. The molecule has 2 heterocycles. The van der Waals surface area contributed by atoms with Crippen molar-refractivity contribution in [1.29, 1.82) is 0 Å². The lowest BCUT2D eigenvalue weighted by Gasteiger charge is -2.38. The summed E-state index contributed by atoms with van der Waals surface area (Å²) in [7, 11) is 3.56. The highest BCUT2D eigenvalue weighted by Crippen LogP contribution is 2.36. The molecular formula is C21H24F3N5O3. The molecule has 1 saturated carbocycles. The van der Waals surface area contributed by atoms with E-state index in [0.29, 0.717) is 41.7 Å². The second-order valence-electron chi connectivity index (χ2n) is 8.06. The third-order valence-electron chi connectivity index (χ3n) is 5.77. The molecule has 2 aliphatic rings. The monoisotopic (exact) mass is 451 g/mol. The van der Waals surface area contributed by atoms with Gasteiger partial charge in [-0.1, -0.05) is 0 Å². The molecule has 32 heavy (non-hydrogen) atoms. The second-order valence-corrected chi connectivity index (χ2v) is 8.06. The van der Waals surface area contributed by atoms with Gasteiger partial charge in [0, 0.05) is 33.0 Å². The number of alkyl halides is 3. The van der Waals surface area contributed by atoms with Crippen LogP contribution in [-0.2, 0) is 4.79 Å². The molecule has 0 spiro atoms. The van der Waals surface area contributed by atoms with Gasteiger partial charge in [-0.05, 0) is 38.1 Å². The molecule has 1 fully saturated rings. The number of halogens is 3. The van der Waals surface area contributed by atoms with Crippen molar-refractivity contribution in [2.24, 2.45) is 0 Å². The van der Waals surface area contributed by atoms with E-state index in [1.165, 1.54) is 24.3 Å². The van der Waals surface area contributed by atoms with Crippen LogP contribution in [-0.4, -0.2) is 54.5 Å². The van der Waals surface area contributed by atoms with Crippen molar-refractivity contribution < 1.29 is 27.4 Å². The normalized spacial score (nSPS) is 22.8. The first kappa shape index (κ1) is 22.0. The molecule has 0 bridgehead atoms. The predicted molar refractivity (Wildman–Crippen MR) is 112 cm³/mol. The van der Waals surface area contributed by atoms with Crippen molar-refractivity contribution in [3.8, 4) is 11.5 Å². The van der Waals surface area contributed by atoms with Gasteiger partial charge >= 0.3 is 6.36 Å². The molecule has 0 radical (unpaired) electrons. The highest BCUT2D eigenvalue weighted by Gasteiger charge is 2.36. The molecule has 8 nitrogen and oxygen atoms in total. The summed E-state index contributed by atoms with van der Waals surface area (Å²) in [5, 5.41) is 3.30. The number of fused-ring (bicyclic) bond motifs is 1. The number of benzene rings is 1. The van der Waals surface area contributed by atoms with Gasteiger partial charge in [-0.3, -0.25) is 4.79 Å². The van der Waals surface area contributed by atoms with Gasteiger partial charge in [0.15, 0.2) is 5.82 Å². The summed E-state index contributed by atoms with van der Waals surface area (Å²) in [6.45, 7) is 3.68. The number of rotatable bonds is 5. The number of likely N-dealkylation sites (N-methyl/N-ethyl adjacent to an activating group) is 2. The molecule has 1 atom stereocenters. The molecule has 1 amide bonds. The first-order chi connectivity index (χ1) is 15.0. The standard InChI is InChI=1S/C21H24F3N5O3/c1-11-17-18(28(3)12(2)19(30)29(17)4)27-20(25-11)26-13-9-16(10-13)31-14-5-7-15(8-6-14)32-21(22,23)24/h5-8,12-13,16H,9-10H2,1-4H3,(H,25,26,27)/t12-,13-,16-/m0/s1. The Hall–Kier alpha value is -3.24. The number of hydrogen-bond acceptors (Lipinski definition) is 7. The molecule has 2 aromatic rings. The number of carbonyl (C=O) groups excluding carboxylic acids is 1. The van der Waals surface area contributed by atoms with E-state index >= 15 is 0 Å². The number of aromatic nitrogens is 2. The maximum Gasteiger partial charge on any atom is 0.573 e. The van der Waals surface area contributed by atoms with E-state index in [-0.39, 0.29) is 29.8 Å². The second kappa shape index (κ2) is 8.03. The van der Waals surface area contributed by atoms with Crippen molar-refractivity contribution >= 4 is 23.4 Å². The zero-order chi connectivity index (χ0) is 23.2. The number of hydrogen-bond donors (Lipinski definition) is 1. The van der Waals surface area contributed by atoms with Gasteiger partial charge in [-0.2, -0.15) is 4.98 Å². The summed E-state index contributed by atoms with van der Waals surface area (Å²) < 4.78 is 46.4. The fourth-order valence-electron chi connectivity index (χ4n) is 3.87.